The number of nitrogens with zero attached hydrogens (tertiary/aromatic N) is 1. The average Bonchev–Trinajstić information content (AvgIpc) is 2.42. The van der Waals surface area contributed by atoms with Crippen LogP contribution in [-0.2, 0) is 4.74 Å². The standard InChI is InChI=1S/C14H13NO4/c1-9-6-12(16)13(17)8-15(9)11-5-3-4-10(7-11)14(18)19-2/h3-8,17H,1-2H3. The zero-order valence-electron chi connectivity index (χ0n) is 10.6. The number of aromatic hydroxyl groups is 1. The first kappa shape index (κ1) is 12.9. The van der Waals surface area contributed by atoms with Gasteiger partial charge in [-0.1, -0.05) is 6.07 Å². The first-order valence-corrected chi connectivity index (χ1v) is 5.64. The molecule has 0 aliphatic heterocycles. The number of esters is 1. The molecule has 1 N–H and O–H groups in total. The van der Waals surface area contributed by atoms with E-state index in [1.165, 1.54) is 19.4 Å². The first-order chi connectivity index (χ1) is 9.02. The van der Waals surface area contributed by atoms with Crippen LogP contribution >= 0.6 is 0 Å². The predicted octanol–water partition coefficient (Wildman–Crippen LogP) is 1.64. The fraction of sp³-hybridized carbons (Fsp3) is 0.143. The van der Waals surface area contributed by atoms with Crippen molar-refractivity contribution in [3.05, 3.63) is 58.0 Å². The number of rotatable bonds is 2. The number of hydrogen-bond acceptors (Lipinski definition) is 4. The molecule has 1 aromatic heterocycles. The van der Waals surface area contributed by atoms with Crippen LogP contribution < -0.4 is 5.43 Å². The maximum atomic E-state index is 11.5. The highest BCUT2D eigenvalue weighted by Crippen LogP contribution is 2.15. The Hall–Kier alpha value is -2.56. The summed E-state index contributed by atoms with van der Waals surface area (Å²) in [4.78, 5) is 22.8. The number of ether oxygens (including phenoxy) is 1. The SMILES string of the molecule is COC(=O)c1cccc(-n2cc(O)c(=O)cc2C)c1. The minimum absolute atomic E-state index is 0.339. The normalized spacial score (nSPS) is 10.2. The first-order valence-electron chi connectivity index (χ1n) is 5.64. The Balaban J connectivity index is 2.56. The summed E-state index contributed by atoms with van der Waals surface area (Å²) in [5.41, 5.74) is 1.29. The highest BCUT2D eigenvalue weighted by atomic mass is 16.5. The lowest BCUT2D eigenvalue weighted by atomic mass is 10.2. The number of carbonyl (C=O) groups excluding carboxylic acids is 1. The van der Waals surface area contributed by atoms with Crippen molar-refractivity contribution in [2.75, 3.05) is 7.11 Å². The summed E-state index contributed by atoms with van der Waals surface area (Å²) >= 11 is 0. The molecule has 0 aliphatic rings. The zero-order chi connectivity index (χ0) is 14.0. The third kappa shape index (κ3) is 2.49. The molecule has 0 fully saturated rings. The van der Waals surface area contributed by atoms with Crippen LogP contribution in [0.3, 0.4) is 0 Å². The Kier molecular flexibility index (Phi) is 3.37. The van der Waals surface area contributed by atoms with Crippen molar-refractivity contribution in [2.45, 2.75) is 6.92 Å². The number of aryl methyl sites for hydroxylation is 1. The predicted molar refractivity (Wildman–Crippen MR) is 69.8 cm³/mol. The van der Waals surface area contributed by atoms with Gasteiger partial charge < -0.3 is 14.4 Å². The van der Waals surface area contributed by atoms with E-state index < -0.39 is 11.4 Å². The van der Waals surface area contributed by atoms with Gasteiger partial charge in [-0.3, -0.25) is 4.79 Å². The maximum absolute atomic E-state index is 11.5. The van der Waals surface area contributed by atoms with Gasteiger partial charge in [0, 0.05) is 17.4 Å². The number of methoxy groups -OCH3 is 1. The van der Waals surface area contributed by atoms with Crippen molar-refractivity contribution in [1.82, 2.24) is 4.57 Å². The van der Waals surface area contributed by atoms with Crippen molar-refractivity contribution in [1.29, 1.82) is 0 Å². The van der Waals surface area contributed by atoms with Gasteiger partial charge in [0.1, 0.15) is 0 Å². The van der Waals surface area contributed by atoms with Crippen LogP contribution in [0.5, 0.6) is 5.75 Å². The Morgan fingerprint density at radius 3 is 2.74 bits per heavy atom. The van der Waals surface area contributed by atoms with Gasteiger partial charge >= 0.3 is 5.97 Å². The molecule has 5 nitrogen and oxygen atoms in total. The van der Waals surface area contributed by atoms with E-state index in [0.717, 1.165) is 0 Å². The van der Waals surface area contributed by atoms with Gasteiger partial charge in [-0.25, -0.2) is 4.79 Å². The van der Waals surface area contributed by atoms with E-state index in [1.54, 1.807) is 35.8 Å². The molecule has 2 aromatic rings. The number of aromatic nitrogens is 1. The molecule has 2 rings (SSSR count). The second-order valence-corrected chi connectivity index (χ2v) is 4.08. The van der Waals surface area contributed by atoms with Crippen LogP contribution in [0.25, 0.3) is 5.69 Å². The molecule has 0 bridgehead atoms. The number of carbonyl (C=O) groups is 1. The van der Waals surface area contributed by atoms with Gasteiger partial charge in [-0.05, 0) is 25.1 Å². The second-order valence-electron chi connectivity index (χ2n) is 4.08. The fourth-order valence-electron chi connectivity index (χ4n) is 1.80. The molecule has 0 radical (unpaired) electrons. The molecule has 5 heteroatoms. The van der Waals surface area contributed by atoms with E-state index in [9.17, 15) is 14.7 Å². The maximum Gasteiger partial charge on any atom is 0.337 e. The summed E-state index contributed by atoms with van der Waals surface area (Å²) < 4.78 is 6.28. The summed E-state index contributed by atoms with van der Waals surface area (Å²) in [5, 5.41) is 9.49. The van der Waals surface area contributed by atoms with Gasteiger partial charge in [-0.2, -0.15) is 0 Å². The van der Waals surface area contributed by atoms with E-state index in [1.807, 2.05) is 0 Å². The molecular weight excluding hydrogens is 246 g/mol. The number of hydrogen-bond donors (Lipinski definition) is 1. The monoisotopic (exact) mass is 259 g/mol. The van der Waals surface area contributed by atoms with Crippen LogP contribution in [0, 0.1) is 6.92 Å². The van der Waals surface area contributed by atoms with E-state index >= 15 is 0 Å². The van der Waals surface area contributed by atoms with Crippen molar-refractivity contribution >= 4 is 5.97 Å². The van der Waals surface area contributed by atoms with Crippen molar-refractivity contribution < 1.29 is 14.6 Å². The molecule has 1 aromatic carbocycles. The van der Waals surface area contributed by atoms with Crippen LogP contribution in [0.2, 0.25) is 0 Å². The van der Waals surface area contributed by atoms with Crippen LogP contribution in [0.15, 0.2) is 41.3 Å². The lowest BCUT2D eigenvalue weighted by molar-refractivity contribution is 0.0600. The van der Waals surface area contributed by atoms with Gasteiger partial charge in [0.25, 0.3) is 0 Å². The topological polar surface area (TPSA) is 68.5 Å². The molecular formula is C14H13NO4. The van der Waals surface area contributed by atoms with E-state index in [0.29, 0.717) is 16.9 Å². The smallest absolute Gasteiger partial charge is 0.337 e. The molecule has 98 valence electrons. The number of pyridine rings is 1. The molecule has 1 heterocycles. The molecule has 0 saturated carbocycles. The lowest BCUT2D eigenvalue weighted by Crippen LogP contribution is -2.09. The van der Waals surface area contributed by atoms with Crippen LogP contribution in [0.4, 0.5) is 0 Å². The molecule has 0 aliphatic carbocycles. The highest BCUT2D eigenvalue weighted by molar-refractivity contribution is 5.89. The summed E-state index contributed by atoms with van der Waals surface area (Å²) in [6.07, 6.45) is 1.33. The van der Waals surface area contributed by atoms with Gasteiger partial charge in [0.2, 0.25) is 5.43 Å². The summed E-state index contributed by atoms with van der Waals surface area (Å²) in [7, 11) is 1.31. The van der Waals surface area contributed by atoms with Gasteiger partial charge in [0.05, 0.1) is 18.9 Å². The van der Waals surface area contributed by atoms with Gasteiger partial charge in [-0.15, -0.1) is 0 Å². The largest absolute Gasteiger partial charge is 0.503 e. The Labute approximate surface area is 109 Å². The fourth-order valence-corrected chi connectivity index (χ4v) is 1.80. The van der Waals surface area contributed by atoms with Crippen LogP contribution in [0.1, 0.15) is 16.1 Å². The van der Waals surface area contributed by atoms with Crippen LogP contribution in [-0.4, -0.2) is 22.8 Å². The molecule has 0 unspecified atom stereocenters. The second kappa shape index (κ2) is 4.97. The molecule has 0 saturated heterocycles. The summed E-state index contributed by atoms with van der Waals surface area (Å²) in [6.45, 7) is 1.74. The van der Waals surface area contributed by atoms with E-state index in [2.05, 4.69) is 4.74 Å². The van der Waals surface area contributed by atoms with Crippen molar-refractivity contribution in [2.24, 2.45) is 0 Å². The van der Waals surface area contributed by atoms with E-state index in [-0.39, 0.29) is 5.75 Å². The Bertz CT molecular complexity index is 688. The quantitative estimate of drug-likeness (QED) is 0.832. The van der Waals surface area contributed by atoms with Crippen molar-refractivity contribution in [3.63, 3.8) is 0 Å². The highest BCUT2D eigenvalue weighted by Gasteiger charge is 2.08. The third-order valence-corrected chi connectivity index (χ3v) is 2.77. The Morgan fingerprint density at radius 2 is 2.05 bits per heavy atom. The summed E-state index contributed by atoms with van der Waals surface area (Å²) in [5.74, 6) is -0.779. The lowest BCUT2D eigenvalue weighted by Gasteiger charge is -2.11. The number of benzene rings is 1. The zero-order valence-corrected chi connectivity index (χ0v) is 10.6. The minimum Gasteiger partial charge on any atom is -0.503 e. The van der Waals surface area contributed by atoms with Crippen molar-refractivity contribution in [3.8, 4) is 11.4 Å². The Morgan fingerprint density at radius 1 is 1.32 bits per heavy atom. The molecule has 0 atom stereocenters. The average molecular weight is 259 g/mol. The molecule has 0 spiro atoms. The summed E-state index contributed by atoms with van der Waals surface area (Å²) in [6, 6.07) is 8.06. The van der Waals surface area contributed by atoms with E-state index in [4.69, 9.17) is 0 Å². The minimum atomic E-state index is -0.440. The van der Waals surface area contributed by atoms with Gasteiger partial charge in [0.15, 0.2) is 5.75 Å². The molecule has 0 amide bonds. The molecule has 19 heavy (non-hydrogen) atoms. The third-order valence-electron chi connectivity index (χ3n) is 2.77.